The Morgan fingerprint density at radius 3 is 2.76 bits per heavy atom. The first-order valence-electron chi connectivity index (χ1n) is 5.81. The highest BCUT2D eigenvalue weighted by atomic mass is 14.6. The summed E-state index contributed by atoms with van der Waals surface area (Å²) in [7, 11) is 0. The van der Waals surface area contributed by atoms with Crippen LogP contribution in [0.15, 0.2) is 42.7 Å². The quantitative estimate of drug-likeness (QED) is 0.740. The molecule has 0 amide bonds. The second-order valence-corrected chi connectivity index (χ2v) is 4.40. The smallest absolute Gasteiger partial charge is 0.0991 e. The first-order valence-corrected chi connectivity index (χ1v) is 5.81. The number of benzene rings is 1. The van der Waals surface area contributed by atoms with Crippen molar-refractivity contribution in [1.82, 2.24) is 4.98 Å². The van der Waals surface area contributed by atoms with Crippen molar-refractivity contribution >= 4 is 0 Å². The number of rotatable bonds is 1. The number of nitriles is 1. The molecule has 2 nitrogen and oxygen atoms in total. The average Bonchev–Trinajstić information content (AvgIpc) is 2.83. The molecule has 82 valence electrons. The summed E-state index contributed by atoms with van der Waals surface area (Å²) < 4.78 is 0. The maximum absolute atomic E-state index is 8.79. The fraction of sp³-hybridized carbons (Fsp3) is 0.200. The minimum Gasteiger partial charge on any atom is -0.264 e. The van der Waals surface area contributed by atoms with E-state index in [-0.39, 0.29) is 0 Å². The van der Waals surface area contributed by atoms with Gasteiger partial charge in [-0.15, -0.1) is 0 Å². The summed E-state index contributed by atoms with van der Waals surface area (Å²) >= 11 is 0. The van der Waals surface area contributed by atoms with Crippen molar-refractivity contribution < 1.29 is 0 Å². The molecule has 0 fully saturated rings. The summed E-state index contributed by atoms with van der Waals surface area (Å²) in [5.74, 6) is 0.450. The first kappa shape index (κ1) is 10.0. The fourth-order valence-electron chi connectivity index (χ4n) is 2.57. The van der Waals surface area contributed by atoms with Crippen LogP contribution in [0.3, 0.4) is 0 Å². The van der Waals surface area contributed by atoms with Crippen LogP contribution in [0.2, 0.25) is 0 Å². The first-order chi connectivity index (χ1) is 8.38. The van der Waals surface area contributed by atoms with Gasteiger partial charge in [-0.3, -0.25) is 4.98 Å². The second-order valence-electron chi connectivity index (χ2n) is 4.40. The Labute approximate surface area is 101 Å². The highest BCUT2D eigenvalue weighted by Crippen LogP contribution is 2.37. The molecule has 0 spiro atoms. The molecule has 1 aromatic carbocycles. The van der Waals surface area contributed by atoms with Crippen molar-refractivity contribution in [1.29, 1.82) is 5.26 Å². The number of hydrogen-bond acceptors (Lipinski definition) is 2. The van der Waals surface area contributed by atoms with E-state index in [4.69, 9.17) is 5.26 Å². The molecule has 0 aliphatic heterocycles. The van der Waals surface area contributed by atoms with E-state index >= 15 is 0 Å². The summed E-state index contributed by atoms with van der Waals surface area (Å²) in [5, 5.41) is 8.79. The Bertz CT molecular complexity index is 579. The Morgan fingerprint density at radius 1 is 1.18 bits per heavy atom. The number of fused-ring (bicyclic) bond motifs is 1. The summed E-state index contributed by atoms with van der Waals surface area (Å²) in [4.78, 5) is 4.21. The van der Waals surface area contributed by atoms with Gasteiger partial charge >= 0.3 is 0 Å². The standard InChI is InChI=1S/C15H12N2/c16-9-11-1-3-12(4-2-11)14-6-5-13-7-8-17-10-15(13)14/h1-4,7-8,10,14H,5-6H2. The molecule has 0 saturated carbocycles. The molecule has 2 aromatic rings. The van der Waals surface area contributed by atoms with Crippen molar-refractivity contribution in [3.05, 3.63) is 65.0 Å². The Balaban J connectivity index is 1.99. The Kier molecular flexibility index (Phi) is 2.38. The lowest BCUT2D eigenvalue weighted by atomic mass is 9.93. The van der Waals surface area contributed by atoms with E-state index in [9.17, 15) is 0 Å². The molecule has 1 heterocycles. The predicted octanol–water partition coefficient (Wildman–Crippen LogP) is 3.03. The van der Waals surface area contributed by atoms with Gasteiger partial charge in [0.1, 0.15) is 0 Å². The van der Waals surface area contributed by atoms with Crippen LogP contribution in [0.25, 0.3) is 0 Å². The van der Waals surface area contributed by atoms with Gasteiger partial charge < -0.3 is 0 Å². The molecule has 0 radical (unpaired) electrons. The lowest BCUT2D eigenvalue weighted by Crippen LogP contribution is -1.96. The van der Waals surface area contributed by atoms with E-state index in [2.05, 4.69) is 29.3 Å². The maximum Gasteiger partial charge on any atom is 0.0991 e. The van der Waals surface area contributed by atoms with Crippen LogP contribution in [0.5, 0.6) is 0 Å². The third-order valence-electron chi connectivity index (χ3n) is 3.47. The van der Waals surface area contributed by atoms with Gasteiger partial charge in [0, 0.05) is 18.3 Å². The highest BCUT2D eigenvalue weighted by Gasteiger charge is 2.23. The van der Waals surface area contributed by atoms with Crippen LogP contribution in [0.1, 0.15) is 34.6 Å². The third-order valence-corrected chi connectivity index (χ3v) is 3.47. The molecule has 17 heavy (non-hydrogen) atoms. The largest absolute Gasteiger partial charge is 0.264 e. The highest BCUT2D eigenvalue weighted by molar-refractivity contribution is 5.42. The van der Waals surface area contributed by atoms with Gasteiger partial charge in [-0.1, -0.05) is 12.1 Å². The number of pyridine rings is 1. The molecule has 1 aromatic heterocycles. The molecule has 1 unspecified atom stereocenters. The topological polar surface area (TPSA) is 36.7 Å². The van der Waals surface area contributed by atoms with E-state index < -0.39 is 0 Å². The molecule has 1 aliphatic carbocycles. The number of hydrogen-bond donors (Lipinski definition) is 0. The van der Waals surface area contributed by atoms with Crippen LogP contribution in [0.4, 0.5) is 0 Å². The second kappa shape index (κ2) is 4.03. The zero-order valence-corrected chi connectivity index (χ0v) is 9.43. The minimum absolute atomic E-state index is 0.450. The SMILES string of the molecule is N#Cc1ccc(C2CCc3ccncc32)cc1. The average molecular weight is 220 g/mol. The van der Waals surface area contributed by atoms with Gasteiger partial charge in [0.25, 0.3) is 0 Å². The number of aromatic nitrogens is 1. The van der Waals surface area contributed by atoms with Crippen LogP contribution in [-0.4, -0.2) is 4.98 Å². The molecule has 0 bridgehead atoms. The summed E-state index contributed by atoms with van der Waals surface area (Å²) in [6.45, 7) is 0. The predicted molar refractivity (Wildman–Crippen MR) is 65.6 cm³/mol. The molecule has 0 N–H and O–H groups in total. The molecule has 3 rings (SSSR count). The van der Waals surface area contributed by atoms with Crippen LogP contribution in [-0.2, 0) is 6.42 Å². The zero-order chi connectivity index (χ0) is 11.7. The van der Waals surface area contributed by atoms with E-state index in [1.807, 2.05) is 24.5 Å². The Morgan fingerprint density at radius 2 is 2.00 bits per heavy atom. The maximum atomic E-state index is 8.79. The molecule has 1 atom stereocenters. The molecular formula is C15H12N2. The zero-order valence-electron chi connectivity index (χ0n) is 9.43. The lowest BCUT2D eigenvalue weighted by Gasteiger charge is -2.11. The lowest BCUT2D eigenvalue weighted by molar-refractivity contribution is 0.786. The molecule has 1 aliphatic rings. The Hall–Kier alpha value is -2.14. The summed E-state index contributed by atoms with van der Waals surface area (Å²) in [6.07, 6.45) is 6.11. The number of nitrogens with zero attached hydrogens (tertiary/aromatic N) is 2. The minimum atomic E-state index is 0.450. The van der Waals surface area contributed by atoms with Crippen molar-refractivity contribution in [3.63, 3.8) is 0 Å². The van der Waals surface area contributed by atoms with Crippen molar-refractivity contribution in [2.45, 2.75) is 18.8 Å². The van der Waals surface area contributed by atoms with Crippen molar-refractivity contribution in [2.24, 2.45) is 0 Å². The molecule has 2 heteroatoms. The van der Waals surface area contributed by atoms with E-state index in [1.54, 1.807) is 0 Å². The van der Waals surface area contributed by atoms with E-state index in [0.29, 0.717) is 5.92 Å². The molecular weight excluding hydrogens is 208 g/mol. The van der Waals surface area contributed by atoms with E-state index in [1.165, 1.54) is 16.7 Å². The van der Waals surface area contributed by atoms with Gasteiger partial charge in [-0.25, -0.2) is 0 Å². The van der Waals surface area contributed by atoms with Crippen molar-refractivity contribution in [2.75, 3.05) is 0 Å². The van der Waals surface area contributed by atoms with Gasteiger partial charge in [-0.05, 0) is 47.7 Å². The van der Waals surface area contributed by atoms with Gasteiger partial charge in [0.05, 0.1) is 11.6 Å². The van der Waals surface area contributed by atoms with Crippen LogP contribution >= 0.6 is 0 Å². The monoisotopic (exact) mass is 220 g/mol. The van der Waals surface area contributed by atoms with Crippen LogP contribution < -0.4 is 0 Å². The fourth-order valence-corrected chi connectivity index (χ4v) is 2.57. The summed E-state index contributed by atoms with van der Waals surface area (Å²) in [5.41, 5.74) is 4.76. The van der Waals surface area contributed by atoms with E-state index in [0.717, 1.165) is 18.4 Å². The van der Waals surface area contributed by atoms with Crippen molar-refractivity contribution in [3.8, 4) is 6.07 Å². The van der Waals surface area contributed by atoms with Gasteiger partial charge in [-0.2, -0.15) is 5.26 Å². The third kappa shape index (κ3) is 1.70. The normalized spacial score (nSPS) is 17.5. The van der Waals surface area contributed by atoms with Gasteiger partial charge in [0.2, 0.25) is 0 Å². The van der Waals surface area contributed by atoms with Gasteiger partial charge in [0.15, 0.2) is 0 Å². The number of aryl methyl sites for hydroxylation is 1. The van der Waals surface area contributed by atoms with Crippen LogP contribution in [0, 0.1) is 11.3 Å². The summed E-state index contributed by atoms with van der Waals surface area (Å²) in [6, 6.07) is 12.2. The molecule has 0 saturated heterocycles.